The largest absolute Gasteiger partial charge is 0.337 e. The van der Waals surface area contributed by atoms with Gasteiger partial charge in [-0.3, -0.25) is 15.8 Å². The molecule has 0 spiro atoms. The van der Waals surface area contributed by atoms with Crippen molar-refractivity contribution in [3.63, 3.8) is 0 Å². The van der Waals surface area contributed by atoms with Crippen molar-refractivity contribution in [2.75, 3.05) is 10.7 Å². The van der Waals surface area contributed by atoms with Crippen LogP contribution in [0.2, 0.25) is 0 Å². The van der Waals surface area contributed by atoms with Gasteiger partial charge in [0.25, 0.3) is 0 Å². The first-order valence-electron chi connectivity index (χ1n) is 5.33. The Labute approximate surface area is 117 Å². The Morgan fingerprint density at radius 1 is 1.32 bits per heavy atom. The first-order valence-corrected chi connectivity index (χ1v) is 6.12. The van der Waals surface area contributed by atoms with E-state index in [0.29, 0.717) is 15.8 Å². The molecule has 1 aromatic carbocycles. The van der Waals surface area contributed by atoms with Gasteiger partial charge in [-0.1, -0.05) is 0 Å². The van der Waals surface area contributed by atoms with E-state index in [0.717, 1.165) is 0 Å². The number of hydrogen-bond acceptors (Lipinski definition) is 3. The normalized spacial score (nSPS) is 9.79. The molecule has 0 aliphatic carbocycles. The van der Waals surface area contributed by atoms with Crippen LogP contribution in [-0.4, -0.2) is 11.0 Å². The van der Waals surface area contributed by atoms with E-state index in [4.69, 9.17) is 0 Å². The maximum absolute atomic E-state index is 12.9. The molecule has 19 heavy (non-hydrogen) atoms. The summed E-state index contributed by atoms with van der Waals surface area (Å²) < 4.78 is 13.4. The second-order valence-corrected chi connectivity index (χ2v) is 4.42. The molecular weight excluding hydrogens is 315 g/mol. The monoisotopic (exact) mass is 324 g/mol. The molecule has 0 unspecified atom stereocenters. The molecule has 2 rings (SSSR count). The molecule has 1 heterocycles. The SMILES string of the molecule is O=C(NNc1ccc(F)cc1Br)Nc1cccnc1. The predicted molar refractivity (Wildman–Crippen MR) is 74.1 cm³/mol. The number of carbonyl (C=O) groups excluding carboxylic acids is 1. The second-order valence-electron chi connectivity index (χ2n) is 3.57. The van der Waals surface area contributed by atoms with Crippen molar-refractivity contribution in [2.24, 2.45) is 0 Å². The lowest BCUT2D eigenvalue weighted by atomic mass is 10.3. The average molecular weight is 325 g/mol. The third kappa shape index (κ3) is 3.92. The molecular formula is C12H10BrFN4O. The van der Waals surface area contributed by atoms with E-state index in [2.05, 4.69) is 37.1 Å². The molecule has 2 amide bonds. The lowest BCUT2D eigenvalue weighted by Crippen LogP contribution is -2.33. The molecule has 0 radical (unpaired) electrons. The average Bonchev–Trinajstić information content (AvgIpc) is 2.39. The number of pyridine rings is 1. The van der Waals surface area contributed by atoms with Crippen molar-refractivity contribution in [2.45, 2.75) is 0 Å². The third-order valence-electron chi connectivity index (χ3n) is 2.16. The van der Waals surface area contributed by atoms with E-state index in [9.17, 15) is 9.18 Å². The van der Waals surface area contributed by atoms with Crippen molar-refractivity contribution >= 4 is 33.3 Å². The molecule has 1 aromatic heterocycles. The molecule has 7 heteroatoms. The smallest absolute Gasteiger partial charge is 0.305 e. The number of hydrogen-bond donors (Lipinski definition) is 3. The van der Waals surface area contributed by atoms with Gasteiger partial charge in [0.1, 0.15) is 5.82 Å². The Kier molecular flexibility index (Phi) is 4.30. The molecule has 2 aromatic rings. The third-order valence-corrected chi connectivity index (χ3v) is 2.82. The summed E-state index contributed by atoms with van der Waals surface area (Å²) in [6, 6.07) is 7.05. The van der Waals surface area contributed by atoms with Crippen molar-refractivity contribution < 1.29 is 9.18 Å². The van der Waals surface area contributed by atoms with Gasteiger partial charge in [0.15, 0.2) is 0 Å². The second kappa shape index (κ2) is 6.14. The predicted octanol–water partition coefficient (Wildman–Crippen LogP) is 3.13. The summed E-state index contributed by atoms with van der Waals surface area (Å²) in [6.45, 7) is 0. The maximum atomic E-state index is 12.9. The van der Waals surface area contributed by atoms with Crippen LogP contribution in [0.25, 0.3) is 0 Å². The molecule has 98 valence electrons. The highest BCUT2D eigenvalue weighted by molar-refractivity contribution is 9.10. The zero-order chi connectivity index (χ0) is 13.7. The summed E-state index contributed by atoms with van der Waals surface area (Å²) in [6.07, 6.45) is 3.13. The molecule has 0 aliphatic heterocycles. The van der Waals surface area contributed by atoms with E-state index in [-0.39, 0.29) is 5.82 Å². The molecule has 0 atom stereocenters. The number of halogens is 2. The van der Waals surface area contributed by atoms with Crippen molar-refractivity contribution in [1.82, 2.24) is 10.4 Å². The molecule has 0 saturated carbocycles. The fourth-order valence-electron chi connectivity index (χ4n) is 1.31. The summed E-state index contributed by atoms with van der Waals surface area (Å²) in [7, 11) is 0. The molecule has 5 nitrogen and oxygen atoms in total. The zero-order valence-electron chi connectivity index (χ0n) is 9.65. The first kappa shape index (κ1) is 13.3. The molecule has 0 aliphatic rings. The van der Waals surface area contributed by atoms with Crippen molar-refractivity contribution in [3.8, 4) is 0 Å². The van der Waals surface area contributed by atoms with Crippen LogP contribution in [0, 0.1) is 5.82 Å². The summed E-state index contributed by atoms with van der Waals surface area (Å²) in [4.78, 5) is 15.4. The van der Waals surface area contributed by atoms with Crippen LogP contribution >= 0.6 is 15.9 Å². The molecule has 3 N–H and O–H groups in total. The number of anilines is 2. The fourth-order valence-corrected chi connectivity index (χ4v) is 1.76. The standard InChI is InChI=1S/C12H10BrFN4O/c13-10-6-8(14)3-4-11(10)17-18-12(19)16-9-2-1-5-15-7-9/h1-7,17H,(H2,16,18,19). The van der Waals surface area contributed by atoms with Gasteiger partial charge in [0.05, 0.1) is 17.6 Å². The molecule has 0 bridgehead atoms. The topological polar surface area (TPSA) is 66.1 Å². The Balaban J connectivity index is 1.90. The summed E-state index contributed by atoms with van der Waals surface area (Å²) in [5, 5.41) is 2.58. The fraction of sp³-hybridized carbons (Fsp3) is 0. The minimum atomic E-state index is -0.454. The van der Waals surface area contributed by atoms with Gasteiger partial charge in [-0.05, 0) is 46.3 Å². The van der Waals surface area contributed by atoms with Crippen LogP contribution < -0.4 is 16.2 Å². The van der Waals surface area contributed by atoms with E-state index >= 15 is 0 Å². The number of nitrogens with zero attached hydrogens (tertiary/aromatic N) is 1. The number of urea groups is 1. The molecule has 0 saturated heterocycles. The quantitative estimate of drug-likeness (QED) is 0.760. The minimum Gasteiger partial charge on any atom is -0.305 e. The Bertz CT molecular complexity index is 579. The zero-order valence-corrected chi connectivity index (χ0v) is 11.2. The molecule has 0 fully saturated rings. The number of aromatic nitrogens is 1. The van der Waals surface area contributed by atoms with Crippen LogP contribution in [0.3, 0.4) is 0 Å². The maximum Gasteiger partial charge on any atom is 0.337 e. The van der Waals surface area contributed by atoms with Gasteiger partial charge in [-0.2, -0.15) is 0 Å². The van der Waals surface area contributed by atoms with E-state index in [1.165, 1.54) is 24.4 Å². The van der Waals surface area contributed by atoms with E-state index < -0.39 is 6.03 Å². The summed E-state index contributed by atoms with van der Waals surface area (Å²) >= 11 is 3.18. The van der Waals surface area contributed by atoms with Gasteiger partial charge in [0.2, 0.25) is 0 Å². The number of nitrogens with one attached hydrogen (secondary N) is 3. The number of hydrazine groups is 1. The van der Waals surface area contributed by atoms with Gasteiger partial charge >= 0.3 is 6.03 Å². The highest BCUT2D eigenvalue weighted by atomic mass is 79.9. The Morgan fingerprint density at radius 2 is 2.16 bits per heavy atom. The Morgan fingerprint density at radius 3 is 2.84 bits per heavy atom. The Hall–Kier alpha value is -2.15. The van der Waals surface area contributed by atoms with E-state index in [1.807, 2.05) is 0 Å². The highest BCUT2D eigenvalue weighted by Crippen LogP contribution is 2.22. The van der Waals surface area contributed by atoms with E-state index in [1.54, 1.807) is 18.3 Å². The number of benzene rings is 1. The number of amides is 2. The van der Waals surface area contributed by atoms with Gasteiger partial charge < -0.3 is 5.32 Å². The number of rotatable bonds is 3. The van der Waals surface area contributed by atoms with Gasteiger partial charge in [0, 0.05) is 10.7 Å². The van der Waals surface area contributed by atoms with Gasteiger partial charge in [-0.15, -0.1) is 0 Å². The number of carbonyl (C=O) groups is 1. The van der Waals surface area contributed by atoms with Crippen molar-refractivity contribution in [1.29, 1.82) is 0 Å². The lowest BCUT2D eigenvalue weighted by molar-refractivity contribution is 0.254. The summed E-state index contributed by atoms with van der Waals surface area (Å²) in [5.41, 5.74) is 6.21. The van der Waals surface area contributed by atoms with Crippen molar-refractivity contribution in [3.05, 3.63) is 53.0 Å². The highest BCUT2D eigenvalue weighted by Gasteiger charge is 2.04. The lowest BCUT2D eigenvalue weighted by Gasteiger charge is -2.11. The van der Waals surface area contributed by atoms with Crippen LogP contribution in [0.5, 0.6) is 0 Å². The van der Waals surface area contributed by atoms with Crippen LogP contribution in [0.1, 0.15) is 0 Å². The van der Waals surface area contributed by atoms with Crippen LogP contribution in [0.15, 0.2) is 47.2 Å². The van der Waals surface area contributed by atoms with Crippen LogP contribution in [0.4, 0.5) is 20.6 Å². The van der Waals surface area contributed by atoms with Gasteiger partial charge in [-0.25, -0.2) is 9.18 Å². The minimum absolute atomic E-state index is 0.364. The van der Waals surface area contributed by atoms with Crippen LogP contribution in [-0.2, 0) is 0 Å². The first-order chi connectivity index (χ1) is 9.15. The summed E-state index contributed by atoms with van der Waals surface area (Å²) in [5.74, 6) is -0.364.